The molecule has 1 aromatic carbocycles. The number of carbonyl (C=O) groups is 1. The quantitative estimate of drug-likeness (QED) is 0.288. The predicted octanol–water partition coefficient (Wildman–Crippen LogP) is 4.25. The molecule has 1 aromatic heterocycles. The van der Waals surface area contributed by atoms with E-state index in [0.29, 0.717) is 31.0 Å². The first-order valence-electron chi connectivity index (χ1n) is 15.2. The Kier molecular flexibility index (Phi) is 8.57. The van der Waals surface area contributed by atoms with Gasteiger partial charge in [0.15, 0.2) is 5.60 Å². The third-order valence-corrected chi connectivity index (χ3v) is 11.5. The third kappa shape index (κ3) is 5.63. The minimum atomic E-state index is -4.95. The Hall–Kier alpha value is -3.67. The van der Waals surface area contributed by atoms with Gasteiger partial charge in [0, 0.05) is 31.8 Å². The molecule has 0 bridgehead atoms. The number of ether oxygens (including phenoxy) is 2. The van der Waals surface area contributed by atoms with Crippen LogP contribution in [0.4, 0.5) is 29.2 Å². The van der Waals surface area contributed by atoms with Crippen LogP contribution in [0, 0.1) is 11.7 Å². The Balaban J connectivity index is 1.32. The van der Waals surface area contributed by atoms with Crippen LogP contribution < -0.4 is 20.1 Å². The van der Waals surface area contributed by atoms with Gasteiger partial charge < -0.3 is 25.0 Å². The number of aromatic nitrogens is 2. The lowest BCUT2D eigenvalue weighted by Gasteiger charge is -2.29. The number of thiocarbonyl (C=S) groups is 1. The number of halogens is 4. The number of sulfonamides is 1. The van der Waals surface area contributed by atoms with Gasteiger partial charge in [0.25, 0.3) is 5.91 Å². The van der Waals surface area contributed by atoms with Crippen molar-refractivity contribution in [1.82, 2.24) is 24.5 Å². The summed E-state index contributed by atoms with van der Waals surface area (Å²) in [5.74, 6) is -3.03. The summed E-state index contributed by atoms with van der Waals surface area (Å²) in [6.45, 7) is 1.58. The van der Waals surface area contributed by atoms with Gasteiger partial charge >= 0.3 is 6.18 Å². The van der Waals surface area contributed by atoms with Crippen LogP contribution in [0.3, 0.4) is 0 Å². The Morgan fingerprint density at radius 1 is 1.23 bits per heavy atom. The highest BCUT2D eigenvalue weighted by molar-refractivity contribution is 7.88. The molecule has 17 heteroatoms. The standard InChI is InChI=1S/C31H34F4N6O5S2/c1-40-11-9-18(10-12-40)37-25(42)19-13-24(45-3)23(14-22(19)32)38-28-36-16-21(31(33,34)35)26(39-28)46-29-15-17-7-5-6-8-20(17)30(29,27(29)47)41(2)48(4,43)44/h5-6,8,13-14,16-18H,7,9-12,15H2,1-4H3,(H,37,42)(H,36,38,39)/t17?,29-,30-/m1/s1. The lowest BCUT2D eigenvalue weighted by atomic mass is 9.88. The van der Waals surface area contributed by atoms with Crippen molar-refractivity contribution < 1.29 is 40.2 Å². The number of methoxy groups -OCH3 is 1. The number of nitrogens with zero attached hydrogens (tertiary/aromatic N) is 4. The molecule has 6 rings (SSSR count). The number of hydrogen-bond acceptors (Lipinski definition) is 10. The van der Waals surface area contributed by atoms with E-state index in [4.69, 9.17) is 21.7 Å². The SMILES string of the molecule is COc1cc(C(=O)NC2CCN(C)CC2)c(F)cc1Nc1ncc(C(F)(F)F)c(O[C@@]23CC4CC=CC=C4[C@@]2(N(C)S(C)(=O)=O)C3=S)n1. The summed E-state index contributed by atoms with van der Waals surface area (Å²) in [5.41, 5.74) is -4.10. The van der Waals surface area contributed by atoms with Gasteiger partial charge in [-0.1, -0.05) is 30.4 Å². The van der Waals surface area contributed by atoms with Crippen molar-refractivity contribution in [3.05, 3.63) is 59.1 Å². The number of rotatable bonds is 9. The van der Waals surface area contributed by atoms with E-state index in [0.717, 1.165) is 29.7 Å². The normalized spacial score (nSPS) is 25.7. The van der Waals surface area contributed by atoms with E-state index in [1.54, 1.807) is 12.2 Å². The molecule has 3 fully saturated rings. The number of likely N-dealkylation sites (N-methyl/N-ethyl adjacent to an activating group) is 1. The molecule has 1 unspecified atom stereocenters. The first-order chi connectivity index (χ1) is 22.5. The minimum absolute atomic E-state index is 0.00552. The molecule has 3 aliphatic carbocycles. The van der Waals surface area contributed by atoms with Gasteiger partial charge in [0.05, 0.1) is 29.5 Å². The number of benzene rings is 1. The molecule has 2 heterocycles. The van der Waals surface area contributed by atoms with E-state index in [9.17, 15) is 26.4 Å². The molecule has 1 saturated heterocycles. The van der Waals surface area contributed by atoms with Crippen LogP contribution >= 0.6 is 12.2 Å². The predicted molar refractivity (Wildman–Crippen MR) is 172 cm³/mol. The van der Waals surface area contributed by atoms with E-state index < -0.39 is 56.5 Å². The summed E-state index contributed by atoms with van der Waals surface area (Å²) in [6, 6.07) is 2.02. The highest BCUT2D eigenvalue weighted by Gasteiger charge is 2.86. The van der Waals surface area contributed by atoms with Crippen molar-refractivity contribution in [1.29, 1.82) is 0 Å². The van der Waals surface area contributed by atoms with Gasteiger partial charge in [-0.15, -0.1) is 0 Å². The van der Waals surface area contributed by atoms with Crippen molar-refractivity contribution in [2.45, 2.75) is 49.0 Å². The number of amides is 1. The zero-order valence-electron chi connectivity index (χ0n) is 26.5. The van der Waals surface area contributed by atoms with Gasteiger partial charge in [0.1, 0.15) is 22.7 Å². The molecule has 0 spiro atoms. The van der Waals surface area contributed by atoms with Crippen molar-refractivity contribution in [3.63, 3.8) is 0 Å². The second-order valence-electron chi connectivity index (χ2n) is 12.5. The molecule has 2 saturated carbocycles. The molecular formula is C31H34F4N6O5S2. The summed E-state index contributed by atoms with van der Waals surface area (Å²) < 4.78 is 96.3. The first-order valence-corrected chi connectivity index (χ1v) is 17.4. The number of likely N-dealkylation sites (tertiary alicyclic amines) is 1. The smallest absolute Gasteiger partial charge is 0.423 e. The van der Waals surface area contributed by atoms with Crippen molar-refractivity contribution >= 4 is 44.6 Å². The van der Waals surface area contributed by atoms with Crippen LogP contribution in [0.15, 0.2) is 42.1 Å². The monoisotopic (exact) mass is 710 g/mol. The third-order valence-electron chi connectivity index (χ3n) is 9.58. The van der Waals surface area contributed by atoms with E-state index in [-0.39, 0.29) is 40.2 Å². The molecule has 11 nitrogen and oxygen atoms in total. The Morgan fingerprint density at radius 3 is 2.58 bits per heavy atom. The summed E-state index contributed by atoms with van der Waals surface area (Å²) in [7, 11) is 0.703. The van der Waals surface area contributed by atoms with Crippen molar-refractivity contribution in [3.8, 4) is 11.6 Å². The Bertz CT molecular complexity index is 1850. The van der Waals surface area contributed by atoms with Gasteiger partial charge in [-0.2, -0.15) is 22.5 Å². The summed E-state index contributed by atoms with van der Waals surface area (Å²) in [6.07, 6.45) is 4.01. The lowest BCUT2D eigenvalue weighted by Crippen LogP contribution is -2.45. The van der Waals surface area contributed by atoms with Crippen LogP contribution in [0.1, 0.15) is 41.6 Å². The Morgan fingerprint density at radius 2 is 1.94 bits per heavy atom. The Labute approximate surface area is 280 Å². The van der Waals surface area contributed by atoms with Crippen molar-refractivity contribution in [2.24, 2.45) is 5.92 Å². The van der Waals surface area contributed by atoms with Gasteiger partial charge in [0.2, 0.25) is 21.9 Å². The molecule has 1 aliphatic heterocycles. The number of alkyl halides is 3. The molecule has 48 heavy (non-hydrogen) atoms. The van der Waals surface area contributed by atoms with Crippen LogP contribution in [-0.4, -0.2) is 96.1 Å². The second kappa shape index (κ2) is 12.0. The van der Waals surface area contributed by atoms with Crippen molar-refractivity contribution in [2.75, 3.05) is 45.9 Å². The summed E-state index contributed by atoms with van der Waals surface area (Å²) in [4.78, 5) is 23.0. The highest BCUT2D eigenvalue weighted by atomic mass is 32.2. The van der Waals surface area contributed by atoms with Gasteiger partial charge in [-0.25, -0.2) is 17.8 Å². The maximum atomic E-state index is 15.3. The van der Waals surface area contributed by atoms with E-state index in [1.165, 1.54) is 20.2 Å². The summed E-state index contributed by atoms with van der Waals surface area (Å²) >= 11 is 5.66. The average Bonchev–Trinajstić information content (AvgIpc) is 3.36. The molecule has 0 radical (unpaired) electrons. The molecule has 2 N–H and O–H groups in total. The molecule has 2 aromatic rings. The van der Waals surface area contributed by atoms with E-state index >= 15 is 4.39 Å². The number of hydrogen-bond donors (Lipinski definition) is 2. The molecule has 4 aliphatic rings. The molecule has 258 valence electrons. The van der Waals surface area contributed by atoms with Crippen LogP contribution in [-0.2, 0) is 16.2 Å². The van der Waals surface area contributed by atoms with Crippen LogP contribution in [0.2, 0.25) is 0 Å². The fraction of sp³-hybridized carbons (Fsp3) is 0.484. The number of fused-ring (bicyclic) bond motifs is 3. The average molecular weight is 711 g/mol. The molecule has 1 amide bonds. The maximum absolute atomic E-state index is 15.3. The fourth-order valence-corrected chi connectivity index (χ4v) is 8.55. The zero-order valence-corrected chi connectivity index (χ0v) is 28.2. The molecule has 3 atom stereocenters. The molecular weight excluding hydrogens is 677 g/mol. The number of carbonyl (C=O) groups excluding carboxylic acids is 1. The maximum Gasteiger partial charge on any atom is 0.423 e. The fourth-order valence-electron chi connectivity index (χ4n) is 7.01. The number of nitrogens with one attached hydrogen (secondary N) is 2. The highest BCUT2D eigenvalue weighted by Crippen LogP contribution is 2.68. The van der Waals surface area contributed by atoms with Gasteiger partial charge in [-0.05, 0) is 57.0 Å². The lowest BCUT2D eigenvalue weighted by molar-refractivity contribution is -0.140. The number of allylic oxidation sites excluding steroid dienone is 3. The largest absolute Gasteiger partial charge is 0.495 e. The van der Waals surface area contributed by atoms with Crippen LogP contribution in [0.5, 0.6) is 11.6 Å². The minimum Gasteiger partial charge on any atom is -0.495 e. The first kappa shape index (κ1) is 34.2. The van der Waals surface area contributed by atoms with Gasteiger partial charge in [-0.3, -0.25) is 4.79 Å². The second-order valence-corrected chi connectivity index (χ2v) is 14.9. The zero-order chi connectivity index (χ0) is 34.8. The topological polar surface area (TPSA) is 126 Å². The number of piperidine rings is 1. The number of anilines is 2. The van der Waals surface area contributed by atoms with Crippen LogP contribution in [0.25, 0.3) is 0 Å². The summed E-state index contributed by atoms with van der Waals surface area (Å²) in [5, 5.41) is 5.51. The van der Waals surface area contributed by atoms with E-state index in [1.807, 2.05) is 13.1 Å². The van der Waals surface area contributed by atoms with E-state index in [2.05, 4.69) is 25.5 Å².